The molecule has 2 aliphatic heterocycles. The maximum atomic E-state index is 13.5. The van der Waals surface area contributed by atoms with Crippen LogP contribution < -0.4 is 0 Å². The molecule has 0 aromatic rings. The van der Waals surface area contributed by atoms with Crippen molar-refractivity contribution in [2.75, 3.05) is 7.11 Å². The normalized spacial score (nSPS) is 26.1. The molecule has 1 spiro atoms. The molecule has 12 atom stereocenters. The van der Waals surface area contributed by atoms with E-state index in [0.29, 0.717) is 25.7 Å². The summed E-state index contributed by atoms with van der Waals surface area (Å²) in [7, 11) is 1.26. The number of carbonyl (C=O) groups excluding carboxylic acids is 6. The Bertz CT molecular complexity index is 1420. The third-order valence-corrected chi connectivity index (χ3v) is 10.8. The number of ether oxygens (including phenoxy) is 7. The van der Waals surface area contributed by atoms with E-state index in [-0.39, 0.29) is 61.3 Å². The summed E-state index contributed by atoms with van der Waals surface area (Å²) in [6.07, 6.45) is -2.91. The second-order valence-corrected chi connectivity index (χ2v) is 17.7. The maximum Gasteiger partial charge on any atom is 0.333 e. The predicted octanol–water partition coefficient (Wildman–Crippen LogP) is 6.60. The first kappa shape index (κ1) is 50.8. The van der Waals surface area contributed by atoms with Gasteiger partial charge in [0.25, 0.3) is 0 Å². The summed E-state index contributed by atoms with van der Waals surface area (Å²) in [5, 5.41) is 10.8. The van der Waals surface area contributed by atoms with Crippen LogP contribution in [0.4, 0.5) is 0 Å². The zero-order valence-electron chi connectivity index (χ0n) is 37.2. The minimum atomic E-state index is -1.32. The van der Waals surface area contributed by atoms with Crippen LogP contribution in [0.2, 0.25) is 0 Å². The topological polar surface area (TPSA) is 187 Å². The Balaban J connectivity index is 2.68. The molecule has 2 aliphatic rings. The fourth-order valence-electron chi connectivity index (χ4n) is 8.11. The number of hydrogen-bond donors (Lipinski definition) is 1. The molecule has 0 aromatic heterocycles. The van der Waals surface area contributed by atoms with Crippen LogP contribution in [0.5, 0.6) is 0 Å². The summed E-state index contributed by atoms with van der Waals surface area (Å²) < 4.78 is 42.5. The Hall–Kier alpha value is -3.36. The van der Waals surface area contributed by atoms with E-state index in [1.807, 2.05) is 41.5 Å². The number of methoxy groups -OCH3 is 1. The van der Waals surface area contributed by atoms with Crippen molar-refractivity contribution < 1.29 is 67.0 Å². The van der Waals surface area contributed by atoms with E-state index in [1.54, 1.807) is 26.8 Å². The highest BCUT2D eigenvalue weighted by atomic mass is 16.7. The third-order valence-electron chi connectivity index (χ3n) is 10.8. The van der Waals surface area contributed by atoms with Gasteiger partial charge in [0.05, 0.1) is 19.3 Å². The van der Waals surface area contributed by atoms with Crippen LogP contribution >= 0.6 is 0 Å². The molecule has 58 heavy (non-hydrogen) atoms. The molecule has 2 rings (SSSR count). The lowest BCUT2D eigenvalue weighted by molar-refractivity contribution is -0.347. The van der Waals surface area contributed by atoms with Gasteiger partial charge >= 0.3 is 29.8 Å². The summed E-state index contributed by atoms with van der Waals surface area (Å²) >= 11 is 0. The van der Waals surface area contributed by atoms with Gasteiger partial charge in [-0.1, -0.05) is 68.4 Å². The van der Waals surface area contributed by atoms with E-state index in [4.69, 9.17) is 33.2 Å². The van der Waals surface area contributed by atoms with Crippen molar-refractivity contribution in [3.63, 3.8) is 0 Å². The van der Waals surface area contributed by atoms with Gasteiger partial charge in [-0.25, -0.2) is 4.79 Å². The van der Waals surface area contributed by atoms with Gasteiger partial charge in [-0.15, -0.1) is 0 Å². The molecular weight excluding hydrogens is 752 g/mol. The van der Waals surface area contributed by atoms with Gasteiger partial charge in [0.15, 0.2) is 11.6 Å². The Morgan fingerprint density at radius 2 is 1.28 bits per heavy atom. The van der Waals surface area contributed by atoms with Crippen LogP contribution in [0.15, 0.2) is 11.6 Å². The second kappa shape index (κ2) is 23.4. The highest BCUT2D eigenvalue weighted by Crippen LogP contribution is 2.46. The van der Waals surface area contributed by atoms with Crippen LogP contribution in [0.1, 0.15) is 141 Å². The number of aliphatic hydroxyl groups is 1. The number of carbonyl (C=O) groups is 6. The minimum Gasteiger partial charge on any atom is -0.466 e. The van der Waals surface area contributed by atoms with E-state index < -0.39 is 96.0 Å². The summed E-state index contributed by atoms with van der Waals surface area (Å²) in [5.74, 6) is -5.58. The van der Waals surface area contributed by atoms with Crippen LogP contribution in [-0.4, -0.2) is 96.4 Å². The molecular formula is C44H72O14. The van der Waals surface area contributed by atoms with Crippen molar-refractivity contribution in [1.82, 2.24) is 0 Å². The fraction of sp³-hybridized carbons (Fsp3) is 0.818. The van der Waals surface area contributed by atoms with Crippen LogP contribution in [0.3, 0.4) is 0 Å². The molecule has 0 aliphatic carbocycles. The number of hydrogen-bond acceptors (Lipinski definition) is 14. The van der Waals surface area contributed by atoms with Crippen LogP contribution in [0, 0.1) is 35.5 Å². The van der Waals surface area contributed by atoms with Gasteiger partial charge < -0.3 is 38.3 Å². The second-order valence-electron chi connectivity index (χ2n) is 17.7. The summed E-state index contributed by atoms with van der Waals surface area (Å²) in [6.45, 7) is 21.0. The molecule has 0 amide bonds. The molecule has 0 bridgehead atoms. The van der Waals surface area contributed by atoms with Gasteiger partial charge in [-0.3, -0.25) is 24.0 Å². The smallest absolute Gasteiger partial charge is 0.333 e. The molecule has 2 saturated heterocycles. The monoisotopic (exact) mass is 824 g/mol. The van der Waals surface area contributed by atoms with Gasteiger partial charge in [0, 0.05) is 56.9 Å². The zero-order chi connectivity index (χ0) is 44.1. The van der Waals surface area contributed by atoms with Crippen molar-refractivity contribution in [3.8, 4) is 0 Å². The van der Waals surface area contributed by atoms with Crippen molar-refractivity contribution in [2.45, 2.75) is 189 Å². The minimum absolute atomic E-state index is 0.00378. The van der Waals surface area contributed by atoms with Crippen molar-refractivity contribution in [1.29, 1.82) is 0 Å². The number of esters is 5. The first-order valence-corrected chi connectivity index (χ1v) is 21.1. The maximum absolute atomic E-state index is 13.5. The van der Waals surface area contributed by atoms with E-state index >= 15 is 0 Å². The zero-order valence-corrected chi connectivity index (χ0v) is 37.2. The Kier molecular flexibility index (Phi) is 20.5. The van der Waals surface area contributed by atoms with Gasteiger partial charge in [-0.2, -0.15) is 0 Å². The van der Waals surface area contributed by atoms with Gasteiger partial charge in [0.2, 0.25) is 0 Å². The molecule has 0 saturated carbocycles. The molecule has 2 fully saturated rings. The molecule has 14 heteroatoms. The summed E-state index contributed by atoms with van der Waals surface area (Å²) in [4.78, 5) is 77.0. The predicted molar refractivity (Wildman–Crippen MR) is 214 cm³/mol. The first-order chi connectivity index (χ1) is 27.0. The standard InChI is InChI=1S/C44H72O14/c1-14-37(47)54-33(16-15-28(8)43(51)52-13)30(10)42(53-32(12)46)35(55-38(48)17-24(2)3)21-29(9)41(56-39(49)18-25(4)5)36-20-27(7)23-44(58-36)22-26(6)19-34(57-44)40(50)31(11)45/h15,24-27,29-30,33-36,40-42,50H,14,16-23H2,1-13H3/b28-15+/t26-,27+,29?,30?,33?,34+,35?,36+,40+,41?,42?,44+/m0/s1. The van der Waals surface area contributed by atoms with Gasteiger partial charge in [0.1, 0.15) is 30.5 Å². The van der Waals surface area contributed by atoms with E-state index in [1.165, 1.54) is 21.0 Å². The molecule has 332 valence electrons. The molecule has 0 aromatic carbocycles. The molecule has 14 nitrogen and oxygen atoms in total. The van der Waals surface area contributed by atoms with E-state index in [2.05, 4.69) is 6.92 Å². The lowest BCUT2D eigenvalue weighted by Gasteiger charge is -2.51. The SMILES string of the molecule is CCC(=O)OC(C/C=C(\C)C(=O)OC)C(C)C(OC(C)=O)C(CC(C)C(OC(=O)CC(C)C)[C@H]1C[C@@H](C)C[C@@]2(C[C@@H](C)C[C@H]([C@H](O)C(C)=O)O2)O1)OC(=O)CC(C)C. The van der Waals surface area contributed by atoms with Crippen LogP contribution in [0.25, 0.3) is 0 Å². The highest BCUT2D eigenvalue weighted by molar-refractivity contribution is 5.87. The summed E-state index contributed by atoms with van der Waals surface area (Å²) in [5.41, 5.74) is 0.286. The number of rotatable bonds is 21. The lowest BCUT2D eigenvalue weighted by atomic mass is 9.79. The van der Waals surface area contributed by atoms with Crippen molar-refractivity contribution in [3.05, 3.63) is 11.6 Å². The Labute approximate surface area is 345 Å². The molecule has 1 N–H and O–H groups in total. The highest BCUT2D eigenvalue weighted by Gasteiger charge is 2.52. The number of Topliss-reactive ketones (excluding diaryl/α,β-unsaturated/α-hetero) is 1. The molecule has 6 unspecified atom stereocenters. The Morgan fingerprint density at radius 1 is 0.759 bits per heavy atom. The van der Waals surface area contributed by atoms with Crippen LogP contribution in [-0.2, 0) is 61.9 Å². The largest absolute Gasteiger partial charge is 0.466 e. The van der Waals surface area contributed by atoms with Crippen molar-refractivity contribution in [2.24, 2.45) is 35.5 Å². The average Bonchev–Trinajstić information content (AvgIpc) is 3.11. The number of ketones is 1. The van der Waals surface area contributed by atoms with Gasteiger partial charge in [-0.05, 0) is 62.7 Å². The quantitative estimate of drug-likeness (QED) is 0.0741. The molecule has 2 heterocycles. The van der Waals surface area contributed by atoms with Crippen molar-refractivity contribution >= 4 is 35.6 Å². The average molecular weight is 825 g/mol. The first-order valence-electron chi connectivity index (χ1n) is 21.1. The third kappa shape index (κ3) is 16.0. The lowest BCUT2D eigenvalue weighted by Crippen LogP contribution is -2.57. The number of aliphatic hydroxyl groups excluding tert-OH is 1. The summed E-state index contributed by atoms with van der Waals surface area (Å²) in [6, 6.07) is 0. The van der Waals surface area contributed by atoms with E-state index in [9.17, 15) is 33.9 Å². The fourth-order valence-corrected chi connectivity index (χ4v) is 8.11. The van der Waals surface area contributed by atoms with E-state index in [0.717, 1.165) is 0 Å². The Morgan fingerprint density at radius 3 is 1.78 bits per heavy atom. The molecule has 0 radical (unpaired) electrons.